The van der Waals surface area contributed by atoms with Gasteiger partial charge in [-0.15, -0.1) is 0 Å². The Hall–Kier alpha value is -5.60. The lowest BCUT2D eigenvalue weighted by Gasteiger charge is -2.27. The zero-order valence-corrected chi connectivity index (χ0v) is 25.3. The monoisotopic (exact) mass is 574 g/mol. The minimum absolute atomic E-state index is 0.147. The van der Waals surface area contributed by atoms with Crippen LogP contribution in [0, 0.1) is 0 Å². The topological polar surface area (TPSA) is 7.65 Å². The number of benzene rings is 7. The minimum atomic E-state index is -0.147. The molecule has 2 nitrogen and oxygen atoms in total. The number of para-hydroxylation sites is 3. The summed E-state index contributed by atoms with van der Waals surface area (Å²) in [6.07, 6.45) is 0. The fraction of sp³-hybridized carbons (Fsp3) is 0.0698. The molecule has 0 N–H and O–H groups in total. The number of hydrogen-bond acceptors (Lipinski definition) is 1. The zero-order valence-electron chi connectivity index (χ0n) is 25.3. The van der Waals surface area contributed by atoms with Crippen LogP contribution in [0.15, 0.2) is 146 Å². The van der Waals surface area contributed by atoms with Crippen molar-refractivity contribution in [1.82, 2.24) is 4.40 Å². The van der Waals surface area contributed by atoms with Gasteiger partial charge in [0.05, 0.1) is 16.6 Å². The second kappa shape index (κ2) is 8.74. The van der Waals surface area contributed by atoms with E-state index in [1.54, 1.807) is 0 Å². The number of nitrogens with zero attached hydrogens (tertiary/aromatic N) is 2. The van der Waals surface area contributed by atoms with Crippen LogP contribution in [0.2, 0.25) is 0 Å². The normalized spacial score (nSPS) is 13.7. The third-order valence-electron chi connectivity index (χ3n) is 10.3. The Bertz CT molecular complexity index is 2560. The van der Waals surface area contributed by atoms with Crippen LogP contribution < -0.4 is 4.90 Å². The molecule has 212 valence electrons. The molecule has 0 radical (unpaired) electrons. The lowest BCUT2D eigenvalue weighted by molar-refractivity contribution is 0.661. The number of hydrogen-bond donors (Lipinski definition) is 0. The predicted octanol–water partition coefficient (Wildman–Crippen LogP) is 11.8. The lowest BCUT2D eigenvalue weighted by Crippen LogP contribution is -2.15. The largest absolute Gasteiger partial charge is 0.310 e. The highest BCUT2D eigenvalue weighted by Gasteiger charge is 2.39. The summed E-state index contributed by atoms with van der Waals surface area (Å²) in [5.41, 5.74) is 12.7. The van der Waals surface area contributed by atoms with Crippen molar-refractivity contribution in [3.05, 3.63) is 157 Å². The standard InChI is InChI=1S/C43H30N2/c1-43(2)35-24-23-30(44(28-15-5-3-6-16-28)29-17-7-4-8-18-29)25-34(35)40-36(43)26-33-31-20-11-13-27-14-12-22-38(39(27)31)45-37-21-10-9-19-32(37)41(40)42(33)45/h3-26H,1-2H3. The van der Waals surface area contributed by atoms with Gasteiger partial charge in [-0.2, -0.15) is 0 Å². The third kappa shape index (κ3) is 3.18. The van der Waals surface area contributed by atoms with E-state index >= 15 is 0 Å². The van der Waals surface area contributed by atoms with Crippen LogP contribution in [0.5, 0.6) is 0 Å². The summed E-state index contributed by atoms with van der Waals surface area (Å²) in [7, 11) is 0. The maximum atomic E-state index is 2.53. The molecule has 10 rings (SSSR count). The molecule has 1 aliphatic rings. The van der Waals surface area contributed by atoms with Gasteiger partial charge >= 0.3 is 0 Å². The Labute approximate surface area is 261 Å². The van der Waals surface area contributed by atoms with Crippen molar-refractivity contribution < 1.29 is 0 Å². The summed E-state index contributed by atoms with van der Waals surface area (Å²) in [6.45, 7) is 4.80. The molecule has 0 unspecified atom stereocenters. The molecular weight excluding hydrogens is 544 g/mol. The quantitative estimate of drug-likeness (QED) is 0.150. The first kappa shape index (κ1) is 24.8. The molecule has 2 heteroatoms. The Morgan fingerprint density at radius 1 is 0.489 bits per heavy atom. The molecule has 2 heterocycles. The summed E-state index contributed by atoms with van der Waals surface area (Å²) >= 11 is 0. The predicted molar refractivity (Wildman–Crippen MR) is 191 cm³/mol. The number of anilines is 3. The smallest absolute Gasteiger partial charge is 0.0626 e. The third-order valence-corrected chi connectivity index (χ3v) is 10.3. The van der Waals surface area contributed by atoms with Gasteiger partial charge in [0.15, 0.2) is 0 Å². The maximum absolute atomic E-state index is 2.53. The van der Waals surface area contributed by atoms with Gasteiger partial charge in [0.25, 0.3) is 0 Å². The van der Waals surface area contributed by atoms with Crippen molar-refractivity contribution in [3.8, 4) is 11.1 Å². The van der Waals surface area contributed by atoms with Crippen molar-refractivity contribution in [2.75, 3.05) is 4.90 Å². The second-order valence-corrected chi connectivity index (χ2v) is 13.0. The number of fused-ring (bicyclic) bond motifs is 9. The maximum Gasteiger partial charge on any atom is 0.0626 e. The summed E-state index contributed by atoms with van der Waals surface area (Å²) in [5.74, 6) is 0. The fourth-order valence-corrected chi connectivity index (χ4v) is 8.30. The molecule has 9 aromatic rings. The molecule has 1 aliphatic carbocycles. The second-order valence-electron chi connectivity index (χ2n) is 13.0. The molecule has 45 heavy (non-hydrogen) atoms. The number of aromatic nitrogens is 1. The van der Waals surface area contributed by atoms with Crippen LogP contribution in [0.3, 0.4) is 0 Å². The van der Waals surface area contributed by atoms with Crippen LogP contribution in [-0.4, -0.2) is 4.40 Å². The van der Waals surface area contributed by atoms with Crippen molar-refractivity contribution in [2.24, 2.45) is 0 Å². The van der Waals surface area contributed by atoms with Gasteiger partial charge in [-0.25, -0.2) is 0 Å². The van der Waals surface area contributed by atoms with E-state index in [4.69, 9.17) is 0 Å². The Balaban J connectivity index is 1.36. The van der Waals surface area contributed by atoms with Crippen LogP contribution in [-0.2, 0) is 5.41 Å². The van der Waals surface area contributed by atoms with Crippen LogP contribution in [0.4, 0.5) is 17.1 Å². The summed E-state index contributed by atoms with van der Waals surface area (Å²) in [4.78, 5) is 2.38. The number of rotatable bonds is 3. The van der Waals surface area contributed by atoms with E-state index in [0.717, 1.165) is 17.1 Å². The molecule has 0 atom stereocenters. The van der Waals surface area contributed by atoms with Crippen molar-refractivity contribution in [1.29, 1.82) is 0 Å². The van der Waals surface area contributed by atoms with Crippen LogP contribution in [0.25, 0.3) is 60.0 Å². The minimum Gasteiger partial charge on any atom is -0.310 e. The first-order valence-corrected chi connectivity index (χ1v) is 15.8. The molecule has 0 aliphatic heterocycles. The highest BCUT2D eigenvalue weighted by Crippen LogP contribution is 2.56. The molecule has 0 amide bonds. The van der Waals surface area contributed by atoms with Gasteiger partial charge in [0, 0.05) is 44.0 Å². The molecule has 0 bridgehead atoms. The van der Waals surface area contributed by atoms with E-state index < -0.39 is 0 Å². The average molecular weight is 575 g/mol. The summed E-state index contributed by atoms with van der Waals surface area (Å²) < 4.78 is 2.53. The SMILES string of the molecule is CC1(C)c2ccc(N(c3ccccc3)c3ccccc3)cc2-c2c1cc1c3cccc4cccc(c43)n3c4ccccc4c2c13. The van der Waals surface area contributed by atoms with E-state index in [1.807, 2.05) is 0 Å². The van der Waals surface area contributed by atoms with E-state index in [-0.39, 0.29) is 5.41 Å². The highest BCUT2D eigenvalue weighted by atomic mass is 15.1. The van der Waals surface area contributed by atoms with Crippen LogP contribution >= 0.6 is 0 Å². The highest BCUT2D eigenvalue weighted by molar-refractivity contribution is 6.30. The Morgan fingerprint density at radius 3 is 1.89 bits per heavy atom. The van der Waals surface area contributed by atoms with E-state index in [9.17, 15) is 0 Å². The molecule has 7 aromatic carbocycles. The fourth-order valence-electron chi connectivity index (χ4n) is 8.30. The summed E-state index contributed by atoms with van der Waals surface area (Å²) in [6, 6.07) is 53.6. The molecule has 0 saturated heterocycles. The van der Waals surface area contributed by atoms with Gasteiger partial charge in [-0.3, -0.25) is 0 Å². The summed E-state index contributed by atoms with van der Waals surface area (Å²) in [5, 5.41) is 7.97. The molecule has 2 aromatic heterocycles. The van der Waals surface area contributed by atoms with Gasteiger partial charge in [0.2, 0.25) is 0 Å². The van der Waals surface area contributed by atoms with Crippen molar-refractivity contribution in [3.63, 3.8) is 0 Å². The first-order chi connectivity index (χ1) is 22.1. The average Bonchev–Trinajstić information content (AvgIpc) is 3.54. The Morgan fingerprint density at radius 2 is 1.13 bits per heavy atom. The Kier molecular flexibility index (Phi) is 4.82. The van der Waals surface area contributed by atoms with Gasteiger partial charge in [0.1, 0.15) is 0 Å². The van der Waals surface area contributed by atoms with E-state index in [2.05, 4.69) is 169 Å². The van der Waals surface area contributed by atoms with Crippen molar-refractivity contribution in [2.45, 2.75) is 19.3 Å². The molecule has 0 fully saturated rings. The van der Waals surface area contributed by atoms with Crippen LogP contribution in [0.1, 0.15) is 25.0 Å². The lowest BCUT2D eigenvalue weighted by atomic mass is 9.81. The molecule has 0 spiro atoms. The van der Waals surface area contributed by atoms with E-state index in [1.165, 1.54) is 71.1 Å². The zero-order chi connectivity index (χ0) is 29.9. The molecular formula is C43H30N2. The molecule has 0 saturated carbocycles. The van der Waals surface area contributed by atoms with E-state index in [0.29, 0.717) is 0 Å². The van der Waals surface area contributed by atoms with Gasteiger partial charge in [-0.1, -0.05) is 105 Å². The number of pyridine rings is 1. The van der Waals surface area contributed by atoms with Gasteiger partial charge < -0.3 is 9.30 Å². The first-order valence-electron chi connectivity index (χ1n) is 15.8. The van der Waals surface area contributed by atoms with Gasteiger partial charge in [-0.05, 0) is 87.6 Å². The van der Waals surface area contributed by atoms with Crippen molar-refractivity contribution >= 4 is 65.9 Å².